The van der Waals surface area contributed by atoms with Crippen molar-refractivity contribution in [3.05, 3.63) is 40.1 Å². The molecule has 1 aromatic heterocycles. The lowest BCUT2D eigenvalue weighted by molar-refractivity contribution is 0.103. The summed E-state index contributed by atoms with van der Waals surface area (Å²) in [5.41, 5.74) is 2.23. The van der Waals surface area contributed by atoms with Gasteiger partial charge in [-0.2, -0.15) is 5.10 Å². The van der Waals surface area contributed by atoms with Crippen LogP contribution in [0.5, 0.6) is 5.88 Å². The van der Waals surface area contributed by atoms with Crippen LogP contribution in [0.25, 0.3) is 0 Å². The highest BCUT2D eigenvalue weighted by Gasteiger charge is 2.34. The van der Waals surface area contributed by atoms with Crippen LogP contribution in [-0.2, 0) is 21.2 Å². The molecular formula is C18H21N3O5S. The molecule has 0 saturated carbocycles. The van der Waals surface area contributed by atoms with Crippen LogP contribution in [0.3, 0.4) is 0 Å². The second-order valence-electron chi connectivity index (χ2n) is 6.39. The van der Waals surface area contributed by atoms with Crippen LogP contribution in [0.2, 0.25) is 0 Å². The molecule has 2 aromatic rings. The molecule has 0 fully saturated rings. The van der Waals surface area contributed by atoms with E-state index in [0.717, 1.165) is 0 Å². The largest absolute Gasteiger partial charge is 0.493 e. The molecule has 1 aliphatic rings. The Morgan fingerprint density at radius 1 is 1.37 bits per heavy atom. The number of fused-ring (bicyclic) bond motifs is 1. The van der Waals surface area contributed by atoms with Crippen LogP contribution in [0, 0.1) is 13.8 Å². The zero-order chi connectivity index (χ0) is 19.9. The average Bonchev–Trinajstić information content (AvgIpc) is 2.99. The van der Waals surface area contributed by atoms with E-state index >= 15 is 0 Å². The van der Waals surface area contributed by atoms with Crippen molar-refractivity contribution in [3.63, 3.8) is 0 Å². The van der Waals surface area contributed by atoms with E-state index < -0.39 is 15.6 Å². The third kappa shape index (κ3) is 3.01. The normalized spacial score (nSPS) is 17.0. The molecule has 0 bridgehead atoms. The summed E-state index contributed by atoms with van der Waals surface area (Å²) in [6.45, 7) is 5.55. The maximum atomic E-state index is 13.0. The topological polar surface area (TPSA) is 111 Å². The SMILES string of the molecule is CCn1ncc(C(=O)c2cc(C)c3c(c2C)/C(=N/OC)CCS3(=O)=O)c1O. The second-order valence-corrected chi connectivity index (χ2v) is 8.43. The molecule has 8 nitrogen and oxygen atoms in total. The monoisotopic (exact) mass is 391 g/mol. The van der Waals surface area contributed by atoms with Gasteiger partial charge >= 0.3 is 0 Å². The molecule has 0 spiro atoms. The lowest BCUT2D eigenvalue weighted by Crippen LogP contribution is -2.26. The number of nitrogens with zero attached hydrogens (tertiary/aromatic N) is 3. The Bertz CT molecular complexity index is 1070. The zero-order valence-electron chi connectivity index (χ0n) is 15.6. The highest BCUT2D eigenvalue weighted by molar-refractivity contribution is 7.91. The highest BCUT2D eigenvalue weighted by atomic mass is 32.2. The Kier molecular flexibility index (Phi) is 4.81. The summed E-state index contributed by atoms with van der Waals surface area (Å²) in [6.07, 6.45) is 1.52. The first kappa shape index (κ1) is 19.1. The van der Waals surface area contributed by atoms with E-state index in [1.165, 1.54) is 18.0 Å². The van der Waals surface area contributed by atoms with Crippen LogP contribution in [0.1, 0.15) is 46.0 Å². The van der Waals surface area contributed by atoms with Gasteiger partial charge in [-0.1, -0.05) is 5.16 Å². The molecule has 0 amide bonds. The molecule has 0 radical (unpaired) electrons. The van der Waals surface area contributed by atoms with Gasteiger partial charge in [-0.25, -0.2) is 13.1 Å². The fraction of sp³-hybridized carbons (Fsp3) is 0.389. The molecule has 3 rings (SSSR count). The number of rotatable bonds is 4. The number of aromatic hydroxyl groups is 1. The third-order valence-corrected chi connectivity index (χ3v) is 6.62. The fourth-order valence-corrected chi connectivity index (χ4v) is 5.25. The number of aromatic nitrogens is 2. The van der Waals surface area contributed by atoms with E-state index in [1.54, 1.807) is 26.8 Å². The Labute approximate surface area is 157 Å². The Morgan fingerprint density at radius 2 is 2.07 bits per heavy atom. The summed E-state index contributed by atoms with van der Waals surface area (Å²) < 4.78 is 26.5. The van der Waals surface area contributed by atoms with Crippen LogP contribution in [0.15, 0.2) is 22.3 Å². The zero-order valence-corrected chi connectivity index (χ0v) is 16.4. The molecular weight excluding hydrogens is 370 g/mol. The van der Waals surface area contributed by atoms with Crippen molar-refractivity contribution in [1.29, 1.82) is 0 Å². The van der Waals surface area contributed by atoms with Crippen molar-refractivity contribution >= 4 is 21.3 Å². The number of hydrogen-bond donors (Lipinski definition) is 1. The minimum atomic E-state index is -3.48. The summed E-state index contributed by atoms with van der Waals surface area (Å²) >= 11 is 0. The Balaban J connectivity index is 2.27. The van der Waals surface area contributed by atoms with Gasteiger partial charge < -0.3 is 9.94 Å². The molecule has 0 aliphatic carbocycles. The van der Waals surface area contributed by atoms with Crippen molar-refractivity contribution in [2.75, 3.05) is 12.9 Å². The number of benzene rings is 1. The van der Waals surface area contributed by atoms with Crippen LogP contribution in [-0.4, -0.2) is 47.7 Å². The fourth-order valence-electron chi connectivity index (χ4n) is 3.45. The summed E-state index contributed by atoms with van der Waals surface area (Å²) in [4.78, 5) is 18.1. The molecule has 0 unspecified atom stereocenters. The van der Waals surface area contributed by atoms with Gasteiger partial charge in [-0.15, -0.1) is 0 Å². The number of carbonyl (C=O) groups is 1. The van der Waals surface area contributed by atoms with Crippen molar-refractivity contribution in [1.82, 2.24) is 9.78 Å². The molecule has 27 heavy (non-hydrogen) atoms. The number of sulfone groups is 1. The van der Waals surface area contributed by atoms with E-state index in [1.807, 2.05) is 0 Å². The van der Waals surface area contributed by atoms with Crippen LogP contribution < -0.4 is 0 Å². The van der Waals surface area contributed by atoms with Crippen LogP contribution >= 0.6 is 0 Å². The standard InChI is InChI=1S/C18H21N3O5S/c1-5-21-18(23)13(9-19-21)16(22)12-8-10(2)17-15(11(12)3)14(20-26-4)6-7-27(17,24)25/h8-9,23H,5-7H2,1-4H3/b20-14+. The van der Waals surface area contributed by atoms with Crippen molar-refractivity contribution in [2.45, 2.75) is 38.6 Å². The Morgan fingerprint density at radius 3 is 2.67 bits per heavy atom. The van der Waals surface area contributed by atoms with Gasteiger partial charge in [0, 0.05) is 24.1 Å². The quantitative estimate of drug-likeness (QED) is 0.630. The van der Waals surface area contributed by atoms with E-state index in [2.05, 4.69) is 10.3 Å². The molecule has 1 aromatic carbocycles. The average molecular weight is 391 g/mol. The first-order chi connectivity index (χ1) is 12.7. The summed E-state index contributed by atoms with van der Waals surface area (Å²) in [5.74, 6) is -0.689. The van der Waals surface area contributed by atoms with Gasteiger partial charge in [0.05, 0.1) is 22.6 Å². The van der Waals surface area contributed by atoms with Crippen LogP contribution in [0.4, 0.5) is 0 Å². The molecule has 1 aliphatic heterocycles. The van der Waals surface area contributed by atoms with Gasteiger partial charge in [-0.05, 0) is 38.0 Å². The number of aryl methyl sites for hydroxylation is 2. The maximum absolute atomic E-state index is 13.0. The van der Waals surface area contributed by atoms with Gasteiger partial charge in [-0.3, -0.25) is 4.79 Å². The summed E-state index contributed by atoms with van der Waals surface area (Å²) in [6, 6.07) is 1.55. The minimum Gasteiger partial charge on any atom is -0.493 e. The lowest BCUT2D eigenvalue weighted by atomic mass is 9.91. The predicted molar refractivity (Wildman–Crippen MR) is 99.1 cm³/mol. The second kappa shape index (κ2) is 6.80. The highest BCUT2D eigenvalue weighted by Crippen LogP contribution is 2.34. The first-order valence-corrected chi connectivity index (χ1v) is 10.1. The van der Waals surface area contributed by atoms with Gasteiger partial charge in [0.2, 0.25) is 5.88 Å². The van der Waals surface area contributed by atoms with Gasteiger partial charge in [0.15, 0.2) is 15.6 Å². The third-order valence-electron chi connectivity index (χ3n) is 4.73. The molecule has 9 heteroatoms. The summed E-state index contributed by atoms with van der Waals surface area (Å²) in [7, 11) is -2.08. The smallest absolute Gasteiger partial charge is 0.220 e. The number of ketones is 1. The van der Waals surface area contributed by atoms with E-state index in [4.69, 9.17) is 4.84 Å². The minimum absolute atomic E-state index is 0.0557. The molecule has 0 atom stereocenters. The molecule has 0 saturated heterocycles. The lowest BCUT2D eigenvalue weighted by Gasteiger charge is -2.23. The molecule has 144 valence electrons. The van der Waals surface area contributed by atoms with Gasteiger partial charge in [0.1, 0.15) is 12.7 Å². The number of carbonyl (C=O) groups excluding carboxylic acids is 1. The Hall–Kier alpha value is -2.68. The number of oxime groups is 1. The van der Waals surface area contributed by atoms with E-state index in [9.17, 15) is 18.3 Å². The van der Waals surface area contributed by atoms with Crippen molar-refractivity contribution in [3.8, 4) is 5.88 Å². The molecule has 1 N–H and O–H groups in total. The van der Waals surface area contributed by atoms with Gasteiger partial charge in [0.25, 0.3) is 0 Å². The predicted octanol–water partition coefficient (Wildman–Crippen LogP) is 1.98. The first-order valence-electron chi connectivity index (χ1n) is 8.49. The molecule has 2 heterocycles. The number of hydrogen-bond acceptors (Lipinski definition) is 7. The summed E-state index contributed by atoms with van der Waals surface area (Å²) in [5, 5.41) is 18.2. The van der Waals surface area contributed by atoms with Crippen molar-refractivity contribution in [2.24, 2.45) is 5.16 Å². The maximum Gasteiger partial charge on any atom is 0.220 e. The van der Waals surface area contributed by atoms with E-state index in [0.29, 0.717) is 34.5 Å². The van der Waals surface area contributed by atoms with Crippen molar-refractivity contribution < 1.29 is 23.2 Å². The van der Waals surface area contributed by atoms with E-state index in [-0.39, 0.29) is 28.5 Å².